The number of para-hydroxylation sites is 3. The van der Waals surface area contributed by atoms with E-state index >= 15 is 0 Å². The maximum absolute atomic E-state index is 7.33. The molecular weight excluding hydrogens is 945 g/mol. The van der Waals surface area contributed by atoms with Crippen LogP contribution in [0.4, 0.5) is 22.7 Å². The van der Waals surface area contributed by atoms with E-state index in [4.69, 9.17) is 9.72 Å². The molecule has 0 unspecified atom stereocenters. The van der Waals surface area contributed by atoms with Gasteiger partial charge in [-0.1, -0.05) is 182 Å². The Morgan fingerprint density at radius 2 is 1.14 bits per heavy atom. The molecule has 0 amide bonds. The molecule has 0 fully saturated rings. The first-order valence-electron chi connectivity index (χ1n) is 26.7. The minimum absolute atomic E-state index is 0.0574. The summed E-state index contributed by atoms with van der Waals surface area (Å²) in [5.41, 5.74) is 17.7. The smallest absolute Gasteiger partial charge is 0.137 e. The van der Waals surface area contributed by atoms with Gasteiger partial charge in [0.25, 0.3) is 0 Å². The Morgan fingerprint density at radius 3 is 1.83 bits per heavy atom. The van der Waals surface area contributed by atoms with E-state index < -0.39 is 0 Å². The standard InChI is InChI=1S/C70H60N4OS/c1-44(2)53-25-18-26-54(45(3)4)66(53)48-38-50(72-43-73(61-30-16-15-29-60(61)72)68-55(46-20-10-8-11-21-46)27-19-28-56(68)47-22-12-9-13-23-47)41-52(39-48)75-51-32-33-59-63(42-51)74(65-40-49(36-37-71-65)70(5,6)7)62-35-34-58-57-24-14-17-31-64(57)76-69(58)67(59)62/h8-42,44-45H,43H2,1-7H3. The normalized spacial score (nSPS) is 12.8. The topological polar surface area (TPSA) is 33.5 Å². The largest absolute Gasteiger partial charge is 0.457 e. The summed E-state index contributed by atoms with van der Waals surface area (Å²) < 4.78 is 12.2. The molecule has 13 rings (SSSR count). The minimum Gasteiger partial charge on any atom is -0.457 e. The maximum Gasteiger partial charge on any atom is 0.137 e. The Morgan fingerprint density at radius 1 is 0.513 bits per heavy atom. The molecule has 0 spiro atoms. The second-order valence-corrected chi connectivity index (χ2v) is 23.0. The molecule has 4 heterocycles. The number of hydrogen-bond acceptors (Lipinski definition) is 5. The third-order valence-electron chi connectivity index (χ3n) is 15.4. The van der Waals surface area contributed by atoms with Gasteiger partial charge < -0.3 is 14.5 Å². The van der Waals surface area contributed by atoms with Crippen LogP contribution in [0.1, 0.15) is 77.0 Å². The first-order valence-corrected chi connectivity index (χ1v) is 27.5. The molecule has 0 N–H and O–H groups in total. The van der Waals surface area contributed by atoms with Crippen molar-refractivity contribution < 1.29 is 4.74 Å². The van der Waals surface area contributed by atoms with Crippen LogP contribution in [-0.4, -0.2) is 16.2 Å². The van der Waals surface area contributed by atoms with Crippen LogP contribution in [0.5, 0.6) is 11.5 Å². The van der Waals surface area contributed by atoms with Gasteiger partial charge in [0.05, 0.1) is 28.1 Å². The monoisotopic (exact) mass is 1000 g/mol. The highest BCUT2D eigenvalue weighted by molar-refractivity contribution is 7.26. The molecule has 1 aliphatic rings. The molecule has 0 saturated carbocycles. The molecule has 0 atom stereocenters. The summed E-state index contributed by atoms with van der Waals surface area (Å²) in [6.07, 6.45) is 1.96. The molecule has 372 valence electrons. The number of hydrogen-bond donors (Lipinski definition) is 0. The quantitative estimate of drug-likeness (QED) is 0.137. The van der Waals surface area contributed by atoms with E-state index in [0.29, 0.717) is 18.5 Å². The van der Waals surface area contributed by atoms with Crippen molar-refractivity contribution in [1.29, 1.82) is 0 Å². The lowest BCUT2D eigenvalue weighted by atomic mass is 9.85. The number of anilines is 4. The van der Waals surface area contributed by atoms with Crippen molar-refractivity contribution in [2.45, 2.75) is 65.7 Å². The number of ether oxygens (including phenoxy) is 1. The predicted molar refractivity (Wildman–Crippen MR) is 323 cm³/mol. The van der Waals surface area contributed by atoms with Crippen LogP contribution in [0.3, 0.4) is 0 Å². The van der Waals surface area contributed by atoms with E-state index in [2.05, 4.69) is 269 Å². The number of aromatic nitrogens is 2. The maximum atomic E-state index is 7.33. The Hall–Kier alpha value is -8.45. The Labute approximate surface area is 449 Å². The summed E-state index contributed by atoms with van der Waals surface area (Å²) in [6, 6.07) is 75.3. The Balaban J connectivity index is 1.00. The highest BCUT2D eigenvalue weighted by atomic mass is 32.1. The zero-order chi connectivity index (χ0) is 51.8. The molecule has 76 heavy (non-hydrogen) atoms. The van der Waals surface area contributed by atoms with Crippen LogP contribution >= 0.6 is 11.3 Å². The summed E-state index contributed by atoms with van der Waals surface area (Å²) in [7, 11) is 0. The molecule has 0 radical (unpaired) electrons. The number of rotatable bonds is 10. The van der Waals surface area contributed by atoms with Crippen molar-refractivity contribution in [3.8, 4) is 50.7 Å². The van der Waals surface area contributed by atoms with E-state index in [1.54, 1.807) is 0 Å². The summed E-state index contributed by atoms with van der Waals surface area (Å²) >= 11 is 1.87. The molecule has 12 aromatic rings. The van der Waals surface area contributed by atoms with Gasteiger partial charge >= 0.3 is 0 Å². The molecular formula is C70H60N4OS. The fourth-order valence-corrected chi connectivity index (χ4v) is 13.0. The van der Waals surface area contributed by atoms with Crippen LogP contribution < -0.4 is 14.5 Å². The van der Waals surface area contributed by atoms with E-state index in [1.807, 2.05) is 17.5 Å². The second-order valence-electron chi connectivity index (χ2n) is 22.0. The lowest BCUT2D eigenvalue weighted by molar-refractivity contribution is 0.483. The molecule has 0 saturated heterocycles. The van der Waals surface area contributed by atoms with Crippen molar-refractivity contribution in [2.75, 3.05) is 16.5 Å². The zero-order valence-corrected chi connectivity index (χ0v) is 45.0. The Kier molecular flexibility index (Phi) is 11.7. The molecule has 6 heteroatoms. The van der Waals surface area contributed by atoms with Gasteiger partial charge in [0, 0.05) is 66.1 Å². The van der Waals surface area contributed by atoms with Gasteiger partial charge in [0.15, 0.2) is 0 Å². The Bertz CT molecular complexity index is 4100. The van der Waals surface area contributed by atoms with Crippen molar-refractivity contribution in [1.82, 2.24) is 9.55 Å². The third-order valence-corrected chi connectivity index (χ3v) is 16.6. The number of nitrogens with zero attached hydrogens (tertiary/aromatic N) is 4. The number of benzene rings is 9. The van der Waals surface area contributed by atoms with E-state index in [-0.39, 0.29) is 5.41 Å². The van der Waals surface area contributed by atoms with Crippen molar-refractivity contribution in [3.05, 3.63) is 229 Å². The fourth-order valence-electron chi connectivity index (χ4n) is 11.7. The van der Waals surface area contributed by atoms with Crippen LogP contribution in [0.2, 0.25) is 0 Å². The lowest BCUT2D eigenvalue weighted by Crippen LogP contribution is -2.25. The third kappa shape index (κ3) is 8.11. The van der Waals surface area contributed by atoms with Crippen molar-refractivity contribution in [2.24, 2.45) is 0 Å². The summed E-state index contributed by atoms with van der Waals surface area (Å²) in [6.45, 7) is 16.6. The van der Waals surface area contributed by atoms with Gasteiger partial charge in [0.1, 0.15) is 24.0 Å². The van der Waals surface area contributed by atoms with Crippen LogP contribution in [0.25, 0.3) is 81.2 Å². The highest BCUT2D eigenvalue weighted by Gasteiger charge is 2.32. The van der Waals surface area contributed by atoms with Gasteiger partial charge in [-0.05, 0) is 117 Å². The average Bonchev–Trinajstić information content (AvgIpc) is 4.27. The second kappa shape index (κ2) is 18.7. The zero-order valence-electron chi connectivity index (χ0n) is 44.2. The first kappa shape index (κ1) is 47.3. The van der Waals surface area contributed by atoms with Gasteiger partial charge in [-0.2, -0.15) is 0 Å². The summed E-state index contributed by atoms with van der Waals surface area (Å²) in [4.78, 5) is 10.1. The molecule has 3 aromatic heterocycles. The van der Waals surface area contributed by atoms with Crippen molar-refractivity contribution in [3.63, 3.8) is 0 Å². The number of pyridine rings is 1. The highest BCUT2D eigenvalue weighted by Crippen LogP contribution is 2.52. The predicted octanol–water partition coefficient (Wildman–Crippen LogP) is 20.1. The van der Waals surface area contributed by atoms with E-state index in [9.17, 15) is 0 Å². The summed E-state index contributed by atoms with van der Waals surface area (Å²) in [5.74, 6) is 3.03. The molecule has 0 bridgehead atoms. The van der Waals surface area contributed by atoms with Gasteiger partial charge in [0.2, 0.25) is 0 Å². The van der Waals surface area contributed by atoms with E-state index in [1.165, 1.54) is 81.1 Å². The molecule has 0 aliphatic carbocycles. The fraction of sp³-hybridized carbons (Fsp3) is 0.157. The molecule has 1 aliphatic heterocycles. The van der Waals surface area contributed by atoms with Crippen molar-refractivity contribution >= 4 is 76.1 Å². The minimum atomic E-state index is -0.0574. The van der Waals surface area contributed by atoms with Crippen LogP contribution in [0.15, 0.2) is 212 Å². The average molecular weight is 1010 g/mol. The SMILES string of the molecule is CC(C)c1cccc(C(C)C)c1-c1cc(Oc2ccc3c4c5sc6ccccc6c5ccc4n(-c4cc(C(C)(C)C)ccn4)c3c2)cc(N2CN(c3c(-c4ccccc4)cccc3-c3ccccc3)c3ccccc32)c1. The number of thiophene rings is 1. The first-order chi connectivity index (χ1) is 37.0. The van der Waals surface area contributed by atoms with Gasteiger partial charge in [-0.15, -0.1) is 11.3 Å². The van der Waals surface area contributed by atoms with Crippen LogP contribution in [-0.2, 0) is 5.41 Å². The van der Waals surface area contributed by atoms with E-state index in [0.717, 1.165) is 51.0 Å². The molecule has 5 nitrogen and oxygen atoms in total. The summed E-state index contributed by atoms with van der Waals surface area (Å²) in [5, 5.41) is 4.97. The van der Waals surface area contributed by atoms with Crippen LogP contribution in [0, 0.1) is 0 Å². The van der Waals surface area contributed by atoms with Gasteiger partial charge in [-0.3, -0.25) is 4.57 Å². The molecule has 9 aromatic carbocycles. The van der Waals surface area contributed by atoms with Gasteiger partial charge in [-0.25, -0.2) is 4.98 Å². The number of fused-ring (bicyclic) bond motifs is 8. The lowest BCUT2D eigenvalue weighted by Gasteiger charge is -2.28.